The molecule has 13 heteroatoms. The molecule has 0 unspecified atom stereocenters. The lowest BCUT2D eigenvalue weighted by atomic mass is 10.2. The number of esters is 1. The van der Waals surface area contributed by atoms with E-state index in [-0.39, 0.29) is 15.5 Å². The second-order valence-corrected chi connectivity index (χ2v) is 9.94. The fourth-order valence-corrected chi connectivity index (χ4v) is 4.55. The number of hydrogen-bond acceptors (Lipinski definition) is 8. The van der Waals surface area contributed by atoms with E-state index in [4.69, 9.17) is 14.6 Å². The van der Waals surface area contributed by atoms with Gasteiger partial charge in [0, 0.05) is 5.69 Å². The quantitative estimate of drug-likeness (QED) is 0.431. The van der Waals surface area contributed by atoms with Crippen molar-refractivity contribution in [3.8, 4) is 5.75 Å². The molecule has 2 rings (SSSR count). The Morgan fingerprint density at radius 1 is 1.06 bits per heavy atom. The van der Waals surface area contributed by atoms with Gasteiger partial charge in [-0.3, -0.25) is 9.59 Å². The summed E-state index contributed by atoms with van der Waals surface area (Å²) in [6.45, 7) is 2.09. The zero-order chi connectivity index (χ0) is 24.1. The van der Waals surface area contributed by atoms with Crippen molar-refractivity contribution in [2.75, 3.05) is 19.0 Å². The average molecular weight is 486 g/mol. The van der Waals surface area contributed by atoms with Gasteiger partial charge in [-0.25, -0.2) is 22.0 Å². The molecule has 2 aromatic carbocycles. The molecule has 1 atom stereocenters. The Kier molecular flexibility index (Phi) is 7.96. The summed E-state index contributed by atoms with van der Waals surface area (Å²) in [6.07, 6.45) is 0. The zero-order valence-corrected chi connectivity index (χ0v) is 19.1. The van der Waals surface area contributed by atoms with Crippen molar-refractivity contribution in [3.63, 3.8) is 0 Å². The number of aryl methyl sites for hydroxylation is 1. The highest BCUT2D eigenvalue weighted by atomic mass is 32.2. The van der Waals surface area contributed by atoms with E-state index in [1.807, 2.05) is 0 Å². The first-order valence-electron chi connectivity index (χ1n) is 9.10. The summed E-state index contributed by atoms with van der Waals surface area (Å²) < 4.78 is 59.8. The summed E-state index contributed by atoms with van der Waals surface area (Å²) in [5, 5.41) is 7.50. The van der Waals surface area contributed by atoms with E-state index < -0.39 is 44.6 Å². The summed E-state index contributed by atoms with van der Waals surface area (Å²) in [4.78, 5) is 23.9. The Bertz CT molecular complexity index is 1210. The summed E-state index contributed by atoms with van der Waals surface area (Å²) in [7, 11) is -6.56. The molecule has 0 heterocycles. The Hall–Kier alpha value is -3.00. The minimum atomic E-state index is -4.02. The molecule has 0 aliphatic carbocycles. The van der Waals surface area contributed by atoms with Crippen LogP contribution in [0.15, 0.2) is 52.3 Å². The van der Waals surface area contributed by atoms with Crippen molar-refractivity contribution >= 4 is 37.6 Å². The topological polar surface area (TPSA) is 171 Å². The van der Waals surface area contributed by atoms with Crippen LogP contribution in [0.25, 0.3) is 0 Å². The summed E-state index contributed by atoms with van der Waals surface area (Å²) in [5.74, 6) is -1.27. The molecule has 0 spiro atoms. The Balaban J connectivity index is 1.94. The molecule has 0 saturated heterocycles. The normalized spacial score (nSPS) is 12.6. The van der Waals surface area contributed by atoms with Crippen LogP contribution in [-0.2, 0) is 34.4 Å². The van der Waals surface area contributed by atoms with Gasteiger partial charge in [0.05, 0.1) is 16.9 Å². The number of primary sulfonamides is 1. The Morgan fingerprint density at radius 2 is 1.69 bits per heavy atom. The van der Waals surface area contributed by atoms with Crippen LogP contribution in [0.2, 0.25) is 0 Å². The molecule has 174 valence electrons. The monoisotopic (exact) mass is 485 g/mol. The summed E-state index contributed by atoms with van der Waals surface area (Å²) in [6, 6.07) is 8.34. The molecule has 0 saturated carbocycles. The van der Waals surface area contributed by atoms with Crippen LogP contribution in [0.3, 0.4) is 0 Å². The number of sulfonamides is 2. The van der Waals surface area contributed by atoms with E-state index in [9.17, 15) is 26.4 Å². The van der Waals surface area contributed by atoms with Crippen LogP contribution in [-0.4, -0.2) is 48.5 Å². The Morgan fingerprint density at radius 3 is 2.25 bits per heavy atom. The van der Waals surface area contributed by atoms with Crippen LogP contribution in [0.4, 0.5) is 5.69 Å². The Labute approximate surface area is 186 Å². The fraction of sp³-hybridized carbons (Fsp3) is 0.263. The van der Waals surface area contributed by atoms with E-state index in [1.54, 1.807) is 6.92 Å². The van der Waals surface area contributed by atoms with E-state index in [1.165, 1.54) is 56.5 Å². The summed E-state index contributed by atoms with van der Waals surface area (Å²) >= 11 is 0. The van der Waals surface area contributed by atoms with Gasteiger partial charge >= 0.3 is 5.97 Å². The lowest BCUT2D eigenvalue weighted by Crippen LogP contribution is -2.40. The van der Waals surface area contributed by atoms with Crippen molar-refractivity contribution in [2.24, 2.45) is 5.14 Å². The highest BCUT2D eigenvalue weighted by Gasteiger charge is 2.24. The van der Waals surface area contributed by atoms with E-state index in [0.717, 1.165) is 0 Å². The molecule has 0 aliphatic heterocycles. The molecule has 0 radical (unpaired) electrons. The second kappa shape index (κ2) is 10.1. The number of rotatable bonds is 9. The van der Waals surface area contributed by atoms with Crippen LogP contribution in [0.5, 0.6) is 5.75 Å². The molecule has 0 fully saturated rings. The minimum absolute atomic E-state index is 0.0827. The maximum Gasteiger partial charge on any atom is 0.324 e. The molecule has 2 aromatic rings. The van der Waals surface area contributed by atoms with Crippen molar-refractivity contribution in [3.05, 3.63) is 48.0 Å². The number of hydrogen-bond donors (Lipinski definition) is 3. The van der Waals surface area contributed by atoms with Crippen LogP contribution >= 0.6 is 0 Å². The van der Waals surface area contributed by atoms with Crippen molar-refractivity contribution in [2.45, 2.75) is 29.7 Å². The highest BCUT2D eigenvalue weighted by molar-refractivity contribution is 7.89. The largest absolute Gasteiger partial charge is 0.497 e. The number of nitrogens with one attached hydrogen (secondary N) is 2. The molecule has 0 aliphatic rings. The molecule has 0 aromatic heterocycles. The van der Waals surface area contributed by atoms with E-state index in [0.29, 0.717) is 11.3 Å². The average Bonchev–Trinajstić information content (AvgIpc) is 2.72. The number of methoxy groups -OCH3 is 1. The summed E-state index contributed by atoms with van der Waals surface area (Å²) in [5.41, 5.74) is 0.531. The van der Waals surface area contributed by atoms with Crippen LogP contribution in [0, 0.1) is 6.92 Å². The zero-order valence-electron chi connectivity index (χ0n) is 17.5. The first-order valence-corrected chi connectivity index (χ1v) is 12.1. The smallest absolute Gasteiger partial charge is 0.324 e. The highest BCUT2D eigenvalue weighted by Crippen LogP contribution is 2.19. The third kappa shape index (κ3) is 6.75. The molecule has 0 bridgehead atoms. The van der Waals surface area contributed by atoms with Gasteiger partial charge in [-0.1, -0.05) is 6.07 Å². The second-order valence-electron chi connectivity index (χ2n) is 6.70. The first-order chi connectivity index (χ1) is 14.8. The van der Waals surface area contributed by atoms with Gasteiger partial charge in [-0.2, -0.15) is 4.72 Å². The van der Waals surface area contributed by atoms with Gasteiger partial charge in [-0.15, -0.1) is 0 Å². The number of nitrogens with two attached hydrogens (primary N) is 1. The van der Waals surface area contributed by atoms with Gasteiger partial charge in [-0.05, 0) is 55.8 Å². The van der Waals surface area contributed by atoms with Crippen molar-refractivity contribution < 1.29 is 35.9 Å². The van der Waals surface area contributed by atoms with Gasteiger partial charge in [0.2, 0.25) is 20.0 Å². The number of anilines is 1. The van der Waals surface area contributed by atoms with Gasteiger partial charge in [0.25, 0.3) is 5.91 Å². The number of carbonyl (C=O) groups excluding carboxylic acids is 2. The maximum absolute atomic E-state index is 12.4. The standard InChI is InChI=1S/C19H23N3O8S2/c1-12-4-5-14(10-17(12)31(20,25)26)21-18(23)11-30-19(24)13(2)22-32(27,28)16-8-6-15(29-3)7-9-16/h4-10,13,22H,11H2,1-3H3,(H,21,23)(H2,20,25,26)/t13-/m0/s1. The van der Waals surface area contributed by atoms with Crippen LogP contribution in [0.1, 0.15) is 12.5 Å². The SMILES string of the molecule is COc1ccc(S(=O)(=O)N[C@@H](C)C(=O)OCC(=O)Nc2ccc(C)c(S(N)(=O)=O)c2)cc1. The minimum Gasteiger partial charge on any atom is -0.497 e. The van der Waals surface area contributed by atoms with Gasteiger partial charge < -0.3 is 14.8 Å². The maximum atomic E-state index is 12.4. The number of ether oxygens (including phenoxy) is 2. The molecule has 1 amide bonds. The molecular formula is C19H23N3O8S2. The van der Waals surface area contributed by atoms with Gasteiger partial charge in [0.15, 0.2) is 6.61 Å². The third-order valence-electron chi connectivity index (χ3n) is 4.18. The van der Waals surface area contributed by atoms with E-state index in [2.05, 4.69) is 10.0 Å². The lowest BCUT2D eigenvalue weighted by Gasteiger charge is -2.14. The molecule has 4 N–H and O–H groups in total. The van der Waals surface area contributed by atoms with Gasteiger partial charge in [0.1, 0.15) is 11.8 Å². The number of carbonyl (C=O) groups is 2. The molecule has 32 heavy (non-hydrogen) atoms. The predicted octanol–water partition coefficient (Wildman–Crippen LogP) is 0.500. The number of amides is 1. The number of benzene rings is 2. The lowest BCUT2D eigenvalue weighted by molar-refractivity contribution is -0.148. The first kappa shape index (κ1) is 25.3. The molecular weight excluding hydrogens is 462 g/mol. The third-order valence-corrected chi connectivity index (χ3v) is 6.79. The molecule has 11 nitrogen and oxygen atoms in total. The van der Waals surface area contributed by atoms with Crippen molar-refractivity contribution in [1.82, 2.24) is 4.72 Å². The predicted molar refractivity (Wildman–Crippen MR) is 115 cm³/mol. The fourth-order valence-electron chi connectivity index (χ4n) is 2.55. The van der Waals surface area contributed by atoms with Crippen LogP contribution < -0.4 is 19.9 Å². The van der Waals surface area contributed by atoms with E-state index >= 15 is 0 Å². The van der Waals surface area contributed by atoms with Crippen molar-refractivity contribution in [1.29, 1.82) is 0 Å².